The number of rotatable bonds is 4. The van der Waals surface area contributed by atoms with Gasteiger partial charge < -0.3 is 14.7 Å². The van der Waals surface area contributed by atoms with Gasteiger partial charge in [0.1, 0.15) is 0 Å². The highest BCUT2D eigenvalue weighted by Crippen LogP contribution is 2.63. The normalized spacial score (nSPS) is 47.9. The van der Waals surface area contributed by atoms with Gasteiger partial charge in [0.05, 0.1) is 12.2 Å². The fraction of sp³-hybridized carbons (Fsp3) is 0.966. The lowest BCUT2D eigenvalue weighted by Gasteiger charge is -2.61. The smallest absolute Gasteiger partial charge is 0.226 e. The predicted molar refractivity (Wildman–Crippen MR) is 132 cm³/mol. The van der Waals surface area contributed by atoms with Crippen LogP contribution in [0.25, 0.3) is 0 Å². The van der Waals surface area contributed by atoms with E-state index in [1.807, 2.05) is 6.92 Å². The molecular weight excluding hydrogens is 410 g/mol. The SMILES string of the molecule is CCOC[C@@]1(O)CC[C@H]2[C@H](CC[C@@H]3[C@@H]2CC[C@]2(C)[C@@H](C(=O)N4CCCC[C@@H]4C)CCC[C@@H]32)C1. The molecule has 5 fully saturated rings. The minimum atomic E-state index is -0.597. The van der Waals surface area contributed by atoms with E-state index in [1.165, 1.54) is 64.2 Å². The van der Waals surface area contributed by atoms with Crippen LogP contribution in [0, 0.1) is 40.9 Å². The minimum Gasteiger partial charge on any atom is -0.387 e. The molecule has 33 heavy (non-hydrogen) atoms. The van der Waals surface area contributed by atoms with Crippen molar-refractivity contribution in [2.75, 3.05) is 19.8 Å². The number of amides is 1. The standard InChI is InChI=1S/C29H49NO3/c1-4-33-19-29(32)16-14-22-21(18-29)11-12-24-23(22)13-15-28(3)25(24)9-7-10-26(28)27(31)30-17-6-5-8-20(30)2/h20-26,32H,4-19H2,1-3H3/t20-,21+,22-,23+,24+,25-,26+,28-,29+/m0/s1. The van der Waals surface area contributed by atoms with Crippen molar-refractivity contribution in [2.24, 2.45) is 40.9 Å². The summed E-state index contributed by atoms with van der Waals surface area (Å²) in [6.07, 6.45) is 15.5. The zero-order chi connectivity index (χ0) is 23.2. The van der Waals surface area contributed by atoms with E-state index < -0.39 is 5.60 Å². The van der Waals surface area contributed by atoms with Crippen molar-refractivity contribution in [2.45, 2.75) is 116 Å². The molecule has 4 heteroatoms. The molecule has 4 saturated carbocycles. The van der Waals surface area contributed by atoms with Crippen LogP contribution in [0.1, 0.15) is 104 Å². The summed E-state index contributed by atoms with van der Waals surface area (Å²) >= 11 is 0. The number of piperidine rings is 1. The predicted octanol–water partition coefficient (Wildman–Crippen LogP) is 5.81. The molecule has 1 heterocycles. The molecule has 4 aliphatic carbocycles. The molecule has 1 aliphatic heterocycles. The maximum Gasteiger partial charge on any atom is 0.226 e. The number of carbonyl (C=O) groups excluding carboxylic acids is 1. The van der Waals surface area contributed by atoms with Crippen LogP contribution in [0.2, 0.25) is 0 Å². The van der Waals surface area contributed by atoms with Crippen molar-refractivity contribution in [3.8, 4) is 0 Å². The Kier molecular flexibility index (Phi) is 6.90. The van der Waals surface area contributed by atoms with Crippen LogP contribution in [0.3, 0.4) is 0 Å². The van der Waals surface area contributed by atoms with Crippen molar-refractivity contribution in [1.82, 2.24) is 4.90 Å². The topological polar surface area (TPSA) is 49.8 Å². The number of nitrogens with zero attached hydrogens (tertiary/aromatic N) is 1. The second kappa shape index (κ2) is 9.45. The molecule has 0 spiro atoms. The summed E-state index contributed by atoms with van der Waals surface area (Å²) in [6, 6.07) is 0.430. The Morgan fingerprint density at radius 1 is 0.970 bits per heavy atom. The molecular formula is C29H49NO3. The van der Waals surface area contributed by atoms with E-state index in [1.54, 1.807) is 0 Å². The Hall–Kier alpha value is -0.610. The van der Waals surface area contributed by atoms with Gasteiger partial charge >= 0.3 is 0 Å². The van der Waals surface area contributed by atoms with Gasteiger partial charge in [0.2, 0.25) is 5.91 Å². The average molecular weight is 460 g/mol. The van der Waals surface area contributed by atoms with Crippen molar-refractivity contribution < 1.29 is 14.6 Å². The third-order valence-corrected chi connectivity index (χ3v) is 11.3. The summed E-state index contributed by atoms with van der Waals surface area (Å²) in [5.41, 5.74) is -0.397. The molecule has 1 N–H and O–H groups in total. The Morgan fingerprint density at radius 3 is 2.58 bits per heavy atom. The number of fused-ring (bicyclic) bond motifs is 5. The molecule has 0 unspecified atom stereocenters. The highest BCUT2D eigenvalue weighted by molar-refractivity contribution is 5.80. The summed E-state index contributed by atoms with van der Waals surface area (Å²) < 4.78 is 5.65. The Bertz CT molecular complexity index is 711. The molecule has 5 aliphatic rings. The minimum absolute atomic E-state index is 0.199. The molecule has 0 aromatic carbocycles. The fourth-order valence-corrected chi connectivity index (χ4v) is 9.61. The molecule has 0 bridgehead atoms. The van der Waals surface area contributed by atoms with Gasteiger partial charge in [0, 0.05) is 25.1 Å². The first-order valence-electron chi connectivity index (χ1n) is 14.5. The summed E-state index contributed by atoms with van der Waals surface area (Å²) in [4.78, 5) is 16.1. The van der Waals surface area contributed by atoms with Crippen molar-refractivity contribution >= 4 is 5.91 Å². The first-order valence-corrected chi connectivity index (χ1v) is 14.5. The molecule has 1 amide bonds. The molecule has 4 nitrogen and oxygen atoms in total. The summed E-state index contributed by atoms with van der Waals surface area (Å²) in [5, 5.41) is 11.1. The van der Waals surface area contributed by atoms with Crippen molar-refractivity contribution in [3.05, 3.63) is 0 Å². The lowest BCUT2D eigenvalue weighted by molar-refractivity contribution is -0.163. The summed E-state index contributed by atoms with van der Waals surface area (Å²) in [6.45, 7) is 8.99. The largest absolute Gasteiger partial charge is 0.387 e. The van der Waals surface area contributed by atoms with E-state index in [0.717, 1.165) is 49.5 Å². The van der Waals surface area contributed by atoms with E-state index in [9.17, 15) is 9.90 Å². The average Bonchev–Trinajstić information content (AvgIpc) is 2.81. The maximum absolute atomic E-state index is 13.9. The Labute approximate surface area is 202 Å². The first kappa shape index (κ1) is 24.1. The number of likely N-dealkylation sites (tertiary alicyclic amines) is 1. The monoisotopic (exact) mass is 459 g/mol. The molecule has 0 radical (unpaired) electrons. The second-order valence-corrected chi connectivity index (χ2v) is 12.9. The molecule has 1 saturated heterocycles. The lowest BCUT2D eigenvalue weighted by Crippen LogP contribution is -2.57. The lowest BCUT2D eigenvalue weighted by atomic mass is 9.44. The number of aliphatic hydroxyl groups is 1. The zero-order valence-corrected chi connectivity index (χ0v) is 21.6. The van der Waals surface area contributed by atoms with Crippen LogP contribution < -0.4 is 0 Å². The van der Waals surface area contributed by atoms with Gasteiger partial charge in [-0.05, 0) is 126 Å². The third kappa shape index (κ3) is 4.30. The van der Waals surface area contributed by atoms with Gasteiger partial charge in [-0.15, -0.1) is 0 Å². The van der Waals surface area contributed by atoms with Crippen LogP contribution in [-0.4, -0.2) is 47.3 Å². The first-order chi connectivity index (χ1) is 15.9. The van der Waals surface area contributed by atoms with E-state index in [-0.39, 0.29) is 11.3 Å². The maximum atomic E-state index is 13.9. The number of hydrogen-bond donors (Lipinski definition) is 1. The van der Waals surface area contributed by atoms with Crippen molar-refractivity contribution in [1.29, 1.82) is 0 Å². The van der Waals surface area contributed by atoms with Crippen molar-refractivity contribution in [3.63, 3.8) is 0 Å². The number of hydrogen-bond acceptors (Lipinski definition) is 3. The number of carbonyl (C=O) groups is 1. The number of ether oxygens (including phenoxy) is 1. The van der Waals surface area contributed by atoms with Gasteiger partial charge in [0.15, 0.2) is 0 Å². The highest BCUT2D eigenvalue weighted by Gasteiger charge is 2.58. The fourth-order valence-electron chi connectivity index (χ4n) is 9.61. The van der Waals surface area contributed by atoms with Gasteiger partial charge in [-0.3, -0.25) is 4.79 Å². The Balaban J connectivity index is 1.30. The third-order valence-electron chi connectivity index (χ3n) is 11.3. The van der Waals surface area contributed by atoms with Crippen LogP contribution >= 0.6 is 0 Å². The van der Waals surface area contributed by atoms with E-state index >= 15 is 0 Å². The second-order valence-electron chi connectivity index (χ2n) is 12.9. The van der Waals surface area contributed by atoms with Crippen LogP contribution in [-0.2, 0) is 9.53 Å². The van der Waals surface area contributed by atoms with Crippen LogP contribution in [0.5, 0.6) is 0 Å². The van der Waals surface area contributed by atoms with Crippen LogP contribution in [0.4, 0.5) is 0 Å². The quantitative estimate of drug-likeness (QED) is 0.577. The van der Waals surface area contributed by atoms with Gasteiger partial charge in [0.25, 0.3) is 0 Å². The van der Waals surface area contributed by atoms with Gasteiger partial charge in [-0.1, -0.05) is 13.3 Å². The highest BCUT2D eigenvalue weighted by atomic mass is 16.5. The molecule has 0 aromatic rings. The van der Waals surface area contributed by atoms with E-state index in [2.05, 4.69) is 18.7 Å². The molecule has 188 valence electrons. The van der Waals surface area contributed by atoms with Gasteiger partial charge in [-0.25, -0.2) is 0 Å². The molecule has 9 atom stereocenters. The Morgan fingerprint density at radius 2 is 1.79 bits per heavy atom. The summed E-state index contributed by atoms with van der Waals surface area (Å²) in [7, 11) is 0. The van der Waals surface area contributed by atoms with Crippen LogP contribution in [0.15, 0.2) is 0 Å². The zero-order valence-electron chi connectivity index (χ0n) is 21.6. The van der Waals surface area contributed by atoms with E-state index in [4.69, 9.17) is 4.74 Å². The summed E-state index contributed by atoms with van der Waals surface area (Å²) in [5.74, 6) is 4.56. The molecule has 0 aromatic heterocycles. The van der Waals surface area contributed by atoms with Gasteiger partial charge in [-0.2, -0.15) is 0 Å². The van der Waals surface area contributed by atoms with E-state index in [0.29, 0.717) is 31.1 Å². The molecule has 5 rings (SSSR count).